The standard InChI is InChI=1S/C14H12N2O4/c1-2-20-14(19)10-4-6-12(16-8-10)11-5-3-9(7-15-11)13(17)18/h3-8H,2H2,1H3,(H,17,18). The van der Waals surface area contributed by atoms with Crippen molar-refractivity contribution in [2.75, 3.05) is 6.61 Å². The Kier molecular flexibility index (Phi) is 4.05. The first-order chi connectivity index (χ1) is 9.61. The Balaban J connectivity index is 2.21. The lowest BCUT2D eigenvalue weighted by molar-refractivity contribution is 0.0525. The van der Waals surface area contributed by atoms with E-state index in [0.717, 1.165) is 0 Å². The molecule has 0 amide bonds. The van der Waals surface area contributed by atoms with Crippen LogP contribution >= 0.6 is 0 Å². The van der Waals surface area contributed by atoms with Crippen molar-refractivity contribution in [3.63, 3.8) is 0 Å². The van der Waals surface area contributed by atoms with Crippen LogP contribution in [-0.2, 0) is 4.74 Å². The molecule has 2 heterocycles. The van der Waals surface area contributed by atoms with Crippen molar-refractivity contribution in [1.29, 1.82) is 0 Å². The number of rotatable bonds is 4. The van der Waals surface area contributed by atoms with Crippen LogP contribution in [0.25, 0.3) is 11.4 Å². The van der Waals surface area contributed by atoms with E-state index < -0.39 is 11.9 Å². The van der Waals surface area contributed by atoms with Gasteiger partial charge < -0.3 is 9.84 Å². The van der Waals surface area contributed by atoms with Gasteiger partial charge in [-0.05, 0) is 31.2 Å². The van der Waals surface area contributed by atoms with E-state index in [1.807, 2.05) is 0 Å². The number of carbonyl (C=O) groups is 2. The van der Waals surface area contributed by atoms with Gasteiger partial charge in [0, 0.05) is 12.4 Å². The van der Waals surface area contributed by atoms with Crippen molar-refractivity contribution < 1.29 is 19.4 Å². The van der Waals surface area contributed by atoms with Crippen molar-refractivity contribution in [3.05, 3.63) is 47.8 Å². The average Bonchev–Trinajstić information content (AvgIpc) is 2.48. The molecule has 6 nitrogen and oxygen atoms in total. The fraction of sp³-hybridized carbons (Fsp3) is 0.143. The predicted molar refractivity (Wildman–Crippen MR) is 70.4 cm³/mol. The molecule has 0 aliphatic rings. The molecule has 0 atom stereocenters. The van der Waals surface area contributed by atoms with Gasteiger partial charge in [0.05, 0.1) is 29.1 Å². The second kappa shape index (κ2) is 5.92. The maximum Gasteiger partial charge on any atom is 0.339 e. The van der Waals surface area contributed by atoms with Crippen LogP contribution in [0.5, 0.6) is 0 Å². The van der Waals surface area contributed by atoms with Crippen LogP contribution in [0.4, 0.5) is 0 Å². The molecule has 0 unspecified atom stereocenters. The van der Waals surface area contributed by atoms with E-state index in [9.17, 15) is 9.59 Å². The summed E-state index contributed by atoms with van der Waals surface area (Å²) in [5.41, 5.74) is 1.55. The molecule has 0 aromatic carbocycles. The molecular formula is C14H12N2O4. The zero-order chi connectivity index (χ0) is 14.5. The number of pyridine rings is 2. The molecule has 0 aliphatic heterocycles. The minimum absolute atomic E-state index is 0.108. The zero-order valence-electron chi connectivity index (χ0n) is 10.7. The highest BCUT2D eigenvalue weighted by atomic mass is 16.5. The monoisotopic (exact) mass is 272 g/mol. The summed E-state index contributed by atoms with van der Waals surface area (Å²) in [7, 11) is 0. The van der Waals surface area contributed by atoms with Crippen molar-refractivity contribution in [1.82, 2.24) is 9.97 Å². The first-order valence-corrected chi connectivity index (χ1v) is 5.94. The number of ether oxygens (including phenoxy) is 1. The first-order valence-electron chi connectivity index (χ1n) is 5.94. The Labute approximate surface area is 115 Å². The van der Waals surface area contributed by atoms with Crippen molar-refractivity contribution >= 4 is 11.9 Å². The van der Waals surface area contributed by atoms with Gasteiger partial charge in [-0.2, -0.15) is 0 Å². The summed E-state index contributed by atoms with van der Waals surface area (Å²) in [4.78, 5) is 30.3. The summed E-state index contributed by atoms with van der Waals surface area (Å²) in [6.45, 7) is 2.03. The summed E-state index contributed by atoms with van der Waals surface area (Å²) in [5, 5.41) is 8.79. The summed E-state index contributed by atoms with van der Waals surface area (Å²) >= 11 is 0. The first kappa shape index (κ1) is 13.7. The van der Waals surface area contributed by atoms with Crippen molar-refractivity contribution in [3.8, 4) is 11.4 Å². The third kappa shape index (κ3) is 2.97. The van der Waals surface area contributed by atoms with Gasteiger partial charge in [0.25, 0.3) is 0 Å². The normalized spacial score (nSPS) is 10.1. The second-order valence-electron chi connectivity index (χ2n) is 3.89. The van der Waals surface area contributed by atoms with E-state index in [1.165, 1.54) is 18.5 Å². The largest absolute Gasteiger partial charge is 0.478 e. The van der Waals surface area contributed by atoms with E-state index in [-0.39, 0.29) is 5.56 Å². The van der Waals surface area contributed by atoms with Gasteiger partial charge in [0.15, 0.2) is 0 Å². The highest BCUT2D eigenvalue weighted by Crippen LogP contribution is 2.15. The molecule has 0 saturated heterocycles. The third-order valence-corrected chi connectivity index (χ3v) is 2.55. The molecule has 6 heteroatoms. The molecule has 2 rings (SSSR count). The van der Waals surface area contributed by atoms with Crippen LogP contribution in [0.2, 0.25) is 0 Å². The summed E-state index contributed by atoms with van der Waals surface area (Å²) < 4.78 is 4.86. The van der Waals surface area contributed by atoms with E-state index in [4.69, 9.17) is 9.84 Å². The molecule has 102 valence electrons. The number of hydrogen-bond donors (Lipinski definition) is 1. The topological polar surface area (TPSA) is 89.4 Å². The van der Waals surface area contributed by atoms with E-state index >= 15 is 0 Å². The number of aromatic nitrogens is 2. The Morgan fingerprint density at radius 3 is 2.00 bits per heavy atom. The van der Waals surface area contributed by atoms with Crippen LogP contribution < -0.4 is 0 Å². The highest BCUT2D eigenvalue weighted by Gasteiger charge is 2.09. The molecule has 0 bridgehead atoms. The van der Waals surface area contributed by atoms with Gasteiger partial charge in [0.2, 0.25) is 0 Å². The number of carboxylic acid groups (broad SMARTS) is 1. The maximum absolute atomic E-state index is 11.5. The molecule has 2 aromatic rings. The zero-order valence-corrected chi connectivity index (χ0v) is 10.7. The van der Waals surface area contributed by atoms with Gasteiger partial charge in [-0.15, -0.1) is 0 Å². The number of hydrogen-bond acceptors (Lipinski definition) is 5. The van der Waals surface area contributed by atoms with Crippen LogP contribution in [0.3, 0.4) is 0 Å². The lowest BCUT2D eigenvalue weighted by Crippen LogP contribution is -2.05. The van der Waals surface area contributed by atoms with Crippen molar-refractivity contribution in [2.45, 2.75) is 6.92 Å². The van der Waals surface area contributed by atoms with E-state index in [2.05, 4.69) is 9.97 Å². The average molecular weight is 272 g/mol. The SMILES string of the molecule is CCOC(=O)c1ccc(-c2ccc(C(=O)O)cn2)nc1. The minimum Gasteiger partial charge on any atom is -0.478 e. The fourth-order valence-corrected chi connectivity index (χ4v) is 1.55. The van der Waals surface area contributed by atoms with Gasteiger partial charge in [0.1, 0.15) is 0 Å². The molecule has 0 radical (unpaired) electrons. The van der Waals surface area contributed by atoms with Gasteiger partial charge in [-0.3, -0.25) is 9.97 Å². The number of aromatic carboxylic acids is 1. The second-order valence-corrected chi connectivity index (χ2v) is 3.89. The Bertz CT molecular complexity index is 621. The number of nitrogens with zero attached hydrogens (tertiary/aromatic N) is 2. The quantitative estimate of drug-likeness (QED) is 0.856. The predicted octanol–water partition coefficient (Wildman–Crippen LogP) is 2.02. The van der Waals surface area contributed by atoms with Crippen LogP contribution in [-0.4, -0.2) is 33.6 Å². The fourth-order valence-electron chi connectivity index (χ4n) is 1.55. The Morgan fingerprint density at radius 1 is 1.05 bits per heavy atom. The highest BCUT2D eigenvalue weighted by molar-refractivity contribution is 5.89. The van der Waals surface area contributed by atoms with Gasteiger partial charge in [-0.25, -0.2) is 9.59 Å². The van der Waals surface area contributed by atoms with E-state index in [1.54, 1.807) is 25.1 Å². The summed E-state index contributed by atoms with van der Waals surface area (Å²) in [6, 6.07) is 6.24. The molecule has 2 aromatic heterocycles. The Hall–Kier alpha value is -2.76. The third-order valence-electron chi connectivity index (χ3n) is 2.55. The molecule has 0 fully saturated rings. The number of esters is 1. The molecule has 0 aliphatic carbocycles. The van der Waals surface area contributed by atoms with Gasteiger partial charge >= 0.3 is 11.9 Å². The van der Waals surface area contributed by atoms with E-state index in [0.29, 0.717) is 23.6 Å². The van der Waals surface area contributed by atoms with Crippen LogP contribution in [0.15, 0.2) is 36.7 Å². The lowest BCUT2D eigenvalue weighted by Gasteiger charge is -2.03. The minimum atomic E-state index is -1.03. The Morgan fingerprint density at radius 2 is 1.60 bits per heavy atom. The lowest BCUT2D eigenvalue weighted by atomic mass is 10.2. The molecular weight excluding hydrogens is 260 g/mol. The van der Waals surface area contributed by atoms with Crippen molar-refractivity contribution in [2.24, 2.45) is 0 Å². The van der Waals surface area contributed by atoms with Gasteiger partial charge in [-0.1, -0.05) is 0 Å². The molecule has 0 spiro atoms. The summed E-state index contributed by atoms with van der Waals surface area (Å²) in [6.07, 6.45) is 2.67. The number of carboxylic acids is 1. The smallest absolute Gasteiger partial charge is 0.339 e. The summed E-state index contributed by atoms with van der Waals surface area (Å²) in [5.74, 6) is -1.46. The molecule has 0 saturated carbocycles. The van der Waals surface area contributed by atoms with Crippen LogP contribution in [0.1, 0.15) is 27.6 Å². The van der Waals surface area contributed by atoms with Crippen LogP contribution in [0, 0.1) is 0 Å². The molecule has 1 N–H and O–H groups in total. The number of carbonyl (C=O) groups excluding carboxylic acids is 1. The maximum atomic E-state index is 11.5. The molecule has 20 heavy (non-hydrogen) atoms.